The van der Waals surface area contributed by atoms with E-state index in [-0.39, 0.29) is 12.1 Å². The number of hydrogen-bond acceptors (Lipinski definition) is 3. The van der Waals surface area contributed by atoms with Crippen LogP contribution in [-0.4, -0.2) is 28.5 Å². The third-order valence-corrected chi connectivity index (χ3v) is 7.44. The molecule has 0 aliphatic carbocycles. The molecule has 0 aliphatic rings. The van der Waals surface area contributed by atoms with E-state index < -0.39 is 12.0 Å². The first-order valence-corrected chi connectivity index (χ1v) is 13.4. The summed E-state index contributed by atoms with van der Waals surface area (Å²) in [5, 5.41) is 11.4. The van der Waals surface area contributed by atoms with Gasteiger partial charge in [-0.2, -0.15) is 0 Å². The molecule has 0 bridgehead atoms. The highest BCUT2D eigenvalue weighted by molar-refractivity contribution is 5.94. The number of rotatable bonds is 12. The summed E-state index contributed by atoms with van der Waals surface area (Å²) in [6, 6.07) is 36.9. The molecule has 196 valence electrons. The van der Waals surface area contributed by atoms with Crippen molar-refractivity contribution < 1.29 is 9.90 Å². The number of primary amides is 1. The van der Waals surface area contributed by atoms with Crippen molar-refractivity contribution in [3.8, 4) is 0 Å². The zero-order valence-electron chi connectivity index (χ0n) is 22.3. The van der Waals surface area contributed by atoms with E-state index in [1.165, 1.54) is 11.1 Å². The first-order chi connectivity index (χ1) is 18.4. The van der Waals surface area contributed by atoms with Crippen LogP contribution in [0.25, 0.3) is 0 Å². The average Bonchev–Trinajstić information content (AvgIpc) is 2.95. The van der Waals surface area contributed by atoms with Crippen LogP contribution in [-0.2, 0) is 12.8 Å². The maximum absolute atomic E-state index is 12.4. The first kappa shape index (κ1) is 27.3. The Morgan fingerprint density at radius 1 is 0.789 bits per heavy atom. The summed E-state index contributed by atoms with van der Waals surface area (Å²) in [5.41, 5.74) is 11.4. The van der Waals surface area contributed by atoms with Crippen LogP contribution in [0.5, 0.6) is 0 Å². The molecule has 4 aromatic carbocycles. The monoisotopic (exact) mass is 506 g/mol. The van der Waals surface area contributed by atoms with Gasteiger partial charge in [0, 0.05) is 24.2 Å². The van der Waals surface area contributed by atoms with E-state index in [1.807, 2.05) is 54.6 Å². The minimum atomic E-state index is -0.760. The maximum atomic E-state index is 12.4. The smallest absolute Gasteiger partial charge is 0.248 e. The number of carbonyl (C=O) groups excluding carboxylic acids is 1. The Bertz CT molecular complexity index is 1290. The summed E-state index contributed by atoms with van der Waals surface area (Å²) in [7, 11) is 0. The van der Waals surface area contributed by atoms with Crippen molar-refractivity contribution in [1.29, 1.82) is 0 Å². The van der Waals surface area contributed by atoms with E-state index in [9.17, 15) is 9.90 Å². The topological polar surface area (TPSA) is 66.6 Å². The zero-order chi connectivity index (χ0) is 26.9. The van der Waals surface area contributed by atoms with Crippen LogP contribution in [0, 0.1) is 0 Å². The number of carbonyl (C=O) groups is 1. The van der Waals surface area contributed by atoms with Gasteiger partial charge in [0.1, 0.15) is 0 Å². The van der Waals surface area contributed by atoms with Crippen LogP contribution in [0.1, 0.15) is 70.6 Å². The molecule has 4 rings (SSSR count). The van der Waals surface area contributed by atoms with Gasteiger partial charge in [-0.1, -0.05) is 103 Å². The standard InChI is InChI=1S/C34H38N2O2/c1-25(18-19-27-12-6-3-7-13-27)36(26(2)29-16-10-5-11-17-29)24-33(37)31-21-20-30(32(23-31)34(35)38)22-28-14-8-4-9-15-28/h3-17,20-21,23,25-26,33,37H,18-19,22,24H2,1-2H3,(H2,35,38). The molecule has 4 aromatic rings. The van der Waals surface area contributed by atoms with Crippen LogP contribution in [0.15, 0.2) is 109 Å². The van der Waals surface area contributed by atoms with E-state index >= 15 is 0 Å². The Balaban J connectivity index is 1.55. The highest BCUT2D eigenvalue weighted by atomic mass is 16.3. The molecule has 3 atom stereocenters. The van der Waals surface area contributed by atoms with Crippen molar-refractivity contribution in [2.45, 2.75) is 51.3 Å². The molecule has 1 amide bonds. The van der Waals surface area contributed by atoms with Crippen molar-refractivity contribution in [3.63, 3.8) is 0 Å². The van der Waals surface area contributed by atoms with Gasteiger partial charge < -0.3 is 10.8 Å². The number of nitrogens with zero attached hydrogens (tertiary/aromatic N) is 1. The number of benzene rings is 4. The molecule has 0 aromatic heterocycles. The fourth-order valence-corrected chi connectivity index (χ4v) is 5.13. The maximum Gasteiger partial charge on any atom is 0.248 e. The third kappa shape index (κ3) is 7.18. The lowest BCUT2D eigenvalue weighted by Crippen LogP contribution is -2.39. The summed E-state index contributed by atoms with van der Waals surface area (Å²) in [4.78, 5) is 14.7. The largest absolute Gasteiger partial charge is 0.387 e. The SMILES string of the molecule is CC(CCc1ccccc1)N(CC(O)c1ccc(Cc2ccccc2)c(C(N)=O)c1)C(C)c1ccccc1. The molecule has 0 spiro atoms. The molecule has 4 nitrogen and oxygen atoms in total. The number of aliphatic hydroxyl groups is 1. The normalized spacial score (nSPS) is 13.7. The van der Waals surface area contributed by atoms with Gasteiger partial charge in [-0.15, -0.1) is 0 Å². The van der Waals surface area contributed by atoms with Gasteiger partial charge in [-0.05, 0) is 67.0 Å². The molecular weight excluding hydrogens is 468 g/mol. The van der Waals surface area contributed by atoms with Gasteiger partial charge in [0.2, 0.25) is 5.91 Å². The van der Waals surface area contributed by atoms with Crippen LogP contribution in [0.2, 0.25) is 0 Å². The molecule has 0 radical (unpaired) electrons. The zero-order valence-corrected chi connectivity index (χ0v) is 22.3. The van der Waals surface area contributed by atoms with Crippen molar-refractivity contribution >= 4 is 5.91 Å². The second-order valence-electron chi connectivity index (χ2n) is 10.1. The third-order valence-electron chi connectivity index (χ3n) is 7.44. The highest BCUT2D eigenvalue weighted by Crippen LogP contribution is 2.29. The Hall–Kier alpha value is -3.73. The number of aryl methyl sites for hydroxylation is 1. The molecule has 0 fully saturated rings. The number of hydrogen-bond donors (Lipinski definition) is 2. The van der Waals surface area contributed by atoms with E-state index in [4.69, 9.17) is 5.73 Å². The van der Waals surface area contributed by atoms with Gasteiger partial charge in [-0.3, -0.25) is 9.69 Å². The molecule has 3 N–H and O–H groups in total. The molecule has 0 saturated carbocycles. The fraction of sp³-hybridized carbons (Fsp3) is 0.265. The average molecular weight is 507 g/mol. The summed E-state index contributed by atoms with van der Waals surface area (Å²) in [6.07, 6.45) is 1.79. The van der Waals surface area contributed by atoms with Crippen molar-refractivity contribution in [3.05, 3.63) is 143 Å². The number of aliphatic hydroxyl groups excluding tert-OH is 1. The minimum Gasteiger partial charge on any atom is -0.387 e. The van der Waals surface area contributed by atoms with Crippen molar-refractivity contribution in [1.82, 2.24) is 4.90 Å². The highest BCUT2D eigenvalue weighted by Gasteiger charge is 2.25. The molecule has 38 heavy (non-hydrogen) atoms. The lowest BCUT2D eigenvalue weighted by molar-refractivity contribution is 0.0623. The Morgan fingerprint density at radius 2 is 1.37 bits per heavy atom. The van der Waals surface area contributed by atoms with E-state index in [1.54, 1.807) is 6.07 Å². The van der Waals surface area contributed by atoms with Crippen LogP contribution in [0.4, 0.5) is 0 Å². The Kier molecular flexibility index (Phi) is 9.47. The van der Waals surface area contributed by atoms with Crippen molar-refractivity contribution in [2.75, 3.05) is 6.54 Å². The summed E-state index contributed by atoms with van der Waals surface area (Å²) < 4.78 is 0. The molecule has 0 saturated heterocycles. The molecule has 4 heteroatoms. The number of nitrogens with two attached hydrogens (primary N) is 1. The summed E-state index contributed by atoms with van der Waals surface area (Å²) in [6.45, 7) is 4.87. The van der Waals surface area contributed by atoms with Crippen LogP contribution < -0.4 is 5.73 Å². The number of amides is 1. The van der Waals surface area contributed by atoms with Crippen LogP contribution >= 0.6 is 0 Å². The Morgan fingerprint density at radius 3 is 1.97 bits per heavy atom. The van der Waals surface area contributed by atoms with Gasteiger partial charge >= 0.3 is 0 Å². The first-order valence-electron chi connectivity index (χ1n) is 13.4. The van der Waals surface area contributed by atoms with E-state index in [0.29, 0.717) is 24.1 Å². The van der Waals surface area contributed by atoms with Crippen molar-refractivity contribution in [2.24, 2.45) is 5.73 Å². The Labute approximate surface area is 226 Å². The molecule has 3 unspecified atom stereocenters. The lowest BCUT2D eigenvalue weighted by atomic mass is 9.94. The second kappa shape index (κ2) is 13.2. The predicted molar refractivity (Wildman–Crippen MR) is 155 cm³/mol. The minimum absolute atomic E-state index is 0.115. The van der Waals surface area contributed by atoms with Gasteiger partial charge in [0.15, 0.2) is 0 Å². The quantitative estimate of drug-likeness (QED) is 0.231. The molecule has 0 heterocycles. The predicted octanol–water partition coefficient (Wildman–Crippen LogP) is 6.49. The van der Waals surface area contributed by atoms with Gasteiger partial charge in [0.05, 0.1) is 6.10 Å². The van der Waals surface area contributed by atoms with E-state index in [0.717, 1.165) is 24.0 Å². The molecule has 0 aliphatic heterocycles. The van der Waals surface area contributed by atoms with E-state index in [2.05, 4.69) is 67.3 Å². The van der Waals surface area contributed by atoms with Gasteiger partial charge in [-0.25, -0.2) is 0 Å². The summed E-state index contributed by atoms with van der Waals surface area (Å²) >= 11 is 0. The summed E-state index contributed by atoms with van der Waals surface area (Å²) in [5.74, 6) is -0.476. The fourth-order valence-electron chi connectivity index (χ4n) is 5.13. The molecular formula is C34H38N2O2. The van der Waals surface area contributed by atoms with Gasteiger partial charge in [0.25, 0.3) is 0 Å². The lowest BCUT2D eigenvalue weighted by Gasteiger charge is -2.36. The second-order valence-corrected chi connectivity index (χ2v) is 10.1. The van der Waals surface area contributed by atoms with Crippen LogP contribution in [0.3, 0.4) is 0 Å².